The first-order valence-electron chi connectivity index (χ1n) is 16.9. The molecule has 0 bridgehead atoms. The Bertz CT molecular complexity index is 3030. The van der Waals surface area contributed by atoms with Gasteiger partial charge in [0, 0.05) is 49.0 Å². The largest absolute Gasteiger partial charge is 0.309 e. The first-order valence-corrected chi connectivity index (χ1v) is 16.9. The highest BCUT2D eigenvalue weighted by Crippen LogP contribution is 2.43. The van der Waals surface area contributed by atoms with E-state index in [0.29, 0.717) is 17.5 Å². The maximum Gasteiger partial charge on any atom is 0.164 e. The van der Waals surface area contributed by atoms with Gasteiger partial charge in [-0.25, -0.2) is 15.0 Å². The Labute approximate surface area is 286 Å². The van der Waals surface area contributed by atoms with Crippen molar-refractivity contribution < 1.29 is 0 Å². The van der Waals surface area contributed by atoms with Gasteiger partial charge in [-0.2, -0.15) is 0 Å². The Morgan fingerprint density at radius 1 is 0.340 bits per heavy atom. The molecule has 4 aromatic heterocycles. The molecule has 5 heteroatoms. The van der Waals surface area contributed by atoms with E-state index in [-0.39, 0.29) is 0 Å². The monoisotopic (exact) mass is 637 g/mol. The minimum absolute atomic E-state index is 0.648. The zero-order valence-corrected chi connectivity index (χ0v) is 26.8. The summed E-state index contributed by atoms with van der Waals surface area (Å²) in [5.74, 6) is 1.96. The van der Waals surface area contributed by atoms with Gasteiger partial charge in [-0.15, -0.1) is 0 Å². The van der Waals surface area contributed by atoms with E-state index in [1.807, 2.05) is 60.7 Å². The fraction of sp³-hybridized carbons (Fsp3) is 0. The molecule has 0 aliphatic rings. The molecular weight excluding hydrogens is 611 g/mol. The van der Waals surface area contributed by atoms with Gasteiger partial charge in [0.25, 0.3) is 0 Å². The van der Waals surface area contributed by atoms with Gasteiger partial charge < -0.3 is 8.97 Å². The van der Waals surface area contributed by atoms with E-state index in [9.17, 15) is 0 Å². The van der Waals surface area contributed by atoms with Crippen LogP contribution in [0.4, 0.5) is 0 Å². The van der Waals surface area contributed by atoms with Crippen LogP contribution in [-0.2, 0) is 0 Å². The second kappa shape index (κ2) is 10.3. The molecule has 0 aliphatic carbocycles. The molecule has 11 aromatic rings. The maximum atomic E-state index is 5.03. The summed E-state index contributed by atoms with van der Waals surface area (Å²) in [5, 5.41) is 7.42. The lowest BCUT2D eigenvalue weighted by molar-refractivity contribution is 1.07. The molecule has 0 saturated carbocycles. The smallest absolute Gasteiger partial charge is 0.164 e. The summed E-state index contributed by atoms with van der Waals surface area (Å²) in [5.41, 5.74) is 10.0. The fourth-order valence-electron chi connectivity index (χ4n) is 7.96. The summed E-state index contributed by atoms with van der Waals surface area (Å²) in [6.07, 6.45) is 0. The lowest BCUT2D eigenvalue weighted by Gasteiger charge is -2.11. The van der Waals surface area contributed by atoms with Gasteiger partial charge in [-0.1, -0.05) is 121 Å². The van der Waals surface area contributed by atoms with Crippen molar-refractivity contribution in [2.75, 3.05) is 0 Å². The number of para-hydroxylation sites is 3. The summed E-state index contributed by atoms with van der Waals surface area (Å²) < 4.78 is 4.87. The second-order valence-corrected chi connectivity index (χ2v) is 12.8. The van der Waals surface area contributed by atoms with Crippen molar-refractivity contribution in [2.24, 2.45) is 0 Å². The normalized spacial score (nSPS) is 12.0. The Balaban J connectivity index is 1.17. The molecule has 50 heavy (non-hydrogen) atoms. The Morgan fingerprint density at radius 2 is 0.860 bits per heavy atom. The van der Waals surface area contributed by atoms with Gasteiger partial charge in [0.05, 0.1) is 33.3 Å². The molecule has 0 unspecified atom stereocenters. The van der Waals surface area contributed by atoms with Gasteiger partial charge in [0.15, 0.2) is 17.5 Å². The number of aromatic nitrogens is 5. The van der Waals surface area contributed by atoms with E-state index in [1.54, 1.807) is 0 Å². The summed E-state index contributed by atoms with van der Waals surface area (Å²) in [6, 6.07) is 57.7. The number of rotatable bonds is 4. The summed E-state index contributed by atoms with van der Waals surface area (Å²) in [6.45, 7) is 0. The van der Waals surface area contributed by atoms with Crippen molar-refractivity contribution in [3.8, 4) is 39.9 Å². The highest BCUT2D eigenvalue weighted by atomic mass is 15.0. The van der Waals surface area contributed by atoms with Gasteiger partial charge in [-0.05, 0) is 42.5 Å². The summed E-state index contributed by atoms with van der Waals surface area (Å²) in [4.78, 5) is 15.0. The van der Waals surface area contributed by atoms with Crippen LogP contribution in [0.15, 0.2) is 164 Å². The highest BCUT2D eigenvalue weighted by Gasteiger charge is 2.22. The van der Waals surface area contributed by atoms with Crippen LogP contribution in [0.25, 0.3) is 99.8 Å². The average molecular weight is 638 g/mol. The second-order valence-electron chi connectivity index (χ2n) is 12.8. The SMILES string of the molecule is c1ccc(-c2nc(-c3ccccc3)nc(-c3ccc4c(c3)c3ccccc3n4-c3cccc4c3c3cccc5c6ccccc6n4c53)n2)cc1. The highest BCUT2D eigenvalue weighted by molar-refractivity contribution is 6.25. The van der Waals surface area contributed by atoms with Crippen molar-refractivity contribution in [1.82, 2.24) is 23.9 Å². The van der Waals surface area contributed by atoms with Crippen LogP contribution in [-0.4, -0.2) is 23.9 Å². The minimum atomic E-state index is 0.648. The average Bonchev–Trinajstić information content (AvgIpc) is 3.84. The third-order valence-electron chi connectivity index (χ3n) is 10.1. The molecule has 0 atom stereocenters. The molecule has 0 saturated heterocycles. The molecule has 0 N–H and O–H groups in total. The van der Waals surface area contributed by atoms with Crippen LogP contribution >= 0.6 is 0 Å². The lowest BCUT2D eigenvalue weighted by atomic mass is 10.1. The minimum Gasteiger partial charge on any atom is -0.309 e. The Morgan fingerprint density at radius 3 is 1.58 bits per heavy atom. The molecule has 11 rings (SSSR count). The predicted octanol–water partition coefficient (Wildman–Crippen LogP) is 11.1. The number of hydrogen-bond donors (Lipinski definition) is 0. The number of benzene rings is 7. The van der Waals surface area contributed by atoms with Crippen molar-refractivity contribution in [2.45, 2.75) is 0 Å². The standard InChI is InChI=1S/C45H27N5/c1-3-13-28(14-4-1)43-46-44(29-15-5-2-6-16-29)48-45(47-43)30-25-26-38-35(27-30)32-18-8-9-21-36(32)49(38)39-23-12-24-40-41(39)34-20-11-19-33-31-17-7-10-22-37(31)50(40)42(33)34/h1-27H. The molecule has 0 radical (unpaired) electrons. The van der Waals surface area contributed by atoms with Crippen molar-refractivity contribution >= 4 is 59.9 Å². The summed E-state index contributed by atoms with van der Waals surface area (Å²) in [7, 11) is 0. The molecule has 4 heterocycles. The van der Waals surface area contributed by atoms with Gasteiger partial charge in [0.2, 0.25) is 0 Å². The van der Waals surface area contributed by atoms with Crippen LogP contribution in [0.5, 0.6) is 0 Å². The molecule has 0 spiro atoms. The molecule has 0 amide bonds. The van der Waals surface area contributed by atoms with Crippen LogP contribution in [0.1, 0.15) is 0 Å². The number of fused-ring (bicyclic) bond motifs is 9. The summed E-state index contributed by atoms with van der Waals surface area (Å²) >= 11 is 0. The van der Waals surface area contributed by atoms with E-state index in [0.717, 1.165) is 33.1 Å². The third kappa shape index (κ3) is 3.80. The number of nitrogens with zero attached hydrogens (tertiary/aromatic N) is 5. The predicted molar refractivity (Wildman–Crippen MR) is 205 cm³/mol. The number of hydrogen-bond acceptors (Lipinski definition) is 3. The maximum absolute atomic E-state index is 5.03. The van der Waals surface area contributed by atoms with Crippen LogP contribution in [0.3, 0.4) is 0 Å². The zero-order chi connectivity index (χ0) is 32.8. The quantitative estimate of drug-likeness (QED) is 0.193. The molecule has 5 nitrogen and oxygen atoms in total. The first kappa shape index (κ1) is 27.1. The third-order valence-corrected chi connectivity index (χ3v) is 10.1. The first-order chi connectivity index (χ1) is 24.8. The van der Waals surface area contributed by atoms with E-state index in [1.165, 1.54) is 49.2 Å². The molecular formula is C45H27N5. The van der Waals surface area contributed by atoms with Gasteiger partial charge in [0.1, 0.15) is 0 Å². The van der Waals surface area contributed by atoms with Crippen molar-refractivity contribution in [3.63, 3.8) is 0 Å². The van der Waals surface area contributed by atoms with Gasteiger partial charge >= 0.3 is 0 Å². The zero-order valence-electron chi connectivity index (χ0n) is 26.8. The molecule has 0 fully saturated rings. The van der Waals surface area contributed by atoms with Crippen LogP contribution in [0.2, 0.25) is 0 Å². The van der Waals surface area contributed by atoms with Gasteiger partial charge in [-0.3, -0.25) is 0 Å². The van der Waals surface area contributed by atoms with Crippen molar-refractivity contribution in [1.29, 1.82) is 0 Å². The van der Waals surface area contributed by atoms with E-state index < -0.39 is 0 Å². The fourth-order valence-corrected chi connectivity index (χ4v) is 7.96. The van der Waals surface area contributed by atoms with Crippen molar-refractivity contribution in [3.05, 3.63) is 164 Å². The van der Waals surface area contributed by atoms with E-state index >= 15 is 0 Å². The topological polar surface area (TPSA) is 48.0 Å². The molecule has 232 valence electrons. The Kier molecular flexibility index (Phi) is 5.60. The molecule has 7 aromatic carbocycles. The van der Waals surface area contributed by atoms with Crippen LogP contribution in [0, 0.1) is 0 Å². The molecule has 0 aliphatic heterocycles. The Hall–Kier alpha value is -6.85. The van der Waals surface area contributed by atoms with E-state index in [2.05, 4.69) is 112 Å². The van der Waals surface area contributed by atoms with E-state index in [4.69, 9.17) is 15.0 Å². The lowest BCUT2D eigenvalue weighted by Crippen LogP contribution is -2.00. The van der Waals surface area contributed by atoms with Crippen LogP contribution < -0.4 is 0 Å².